The Morgan fingerprint density at radius 3 is 2.54 bits per heavy atom. The minimum absolute atomic E-state index is 0.141. The van der Waals surface area contributed by atoms with Gasteiger partial charge in [0.1, 0.15) is 18.1 Å². The van der Waals surface area contributed by atoms with Crippen molar-refractivity contribution in [2.75, 3.05) is 32.1 Å². The minimum Gasteiger partial charge on any atom is -0.465 e. The summed E-state index contributed by atoms with van der Waals surface area (Å²) in [6, 6.07) is 0. The van der Waals surface area contributed by atoms with Crippen molar-refractivity contribution in [2.45, 2.75) is 32.7 Å². The molecular formula is C17H22N3O5S+. The number of carbonyl (C=O) groups excluding carboxylic acids is 4. The summed E-state index contributed by atoms with van der Waals surface area (Å²) in [5.41, 5.74) is 1.33. The van der Waals surface area contributed by atoms with Crippen molar-refractivity contribution in [1.29, 1.82) is 0 Å². The number of methoxy groups -OCH3 is 1. The van der Waals surface area contributed by atoms with Gasteiger partial charge in [-0.05, 0) is 12.5 Å². The number of carbonyl (C=O) groups is 4. The molecule has 0 saturated carbocycles. The second-order valence-corrected chi connectivity index (χ2v) is 7.51. The topological polar surface area (TPSA) is 97.2 Å². The van der Waals surface area contributed by atoms with E-state index in [4.69, 9.17) is 4.74 Å². The first kappa shape index (κ1) is 18.5. The smallest absolute Gasteiger partial charge is 0.341 e. The fourth-order valence-corrected chi connectivity index (χ4v) is 4.68. The molecule has 1 fully saturated rings. The molecule has 0 bridgehead atoms. The van der Waals surface area contributed by atoms with Crippen molar-refractivity contribution < 1.29 is 28.8 Å². The Hall–Kier alpha value is -2.26. The van der Waals surface area contributed by atoms with Gasteiger partial charge in [0.05, 0.1) is 30.6 Å². The number of likely N-dealkylation sites (tertiary alicyclic amines) is 1. The summed E-state index contributed by atoms with van der Waals surface area (Å²) in [6.07, 6.45) is 1.03. The molecule has 0 spiro atoms. The number of nitrogens with one attached hydrogen (secondary N) is 2. The maximum Gasteiger partial charge on any atom is 0.341 e. The monoisotopic (exact) mass is 380 g/mol. The highest BCUT2D eigenvalue weighted by atomic mass is 32.1. The van der Waals surface area contributed by atoms with Crippen LogP contribution in [-0.2, 0) is 32.1 Å². The van der Waals surface area contributed by atoms with E-state index in [1.807, 2.05) is 0 Å². The zero-order chi connectivity index (χ0) is 18.8. The van der Waals surface area contributed by atoms with Gasteiger partial charge in [-0.25, -0.2) is 4.79 Å². The van der Waals surface area contributed by atoms with Gasteiger partial charge < -0.3 is 15.0 Å². The number of hydrogen-bond acceptors (Lipinski definition) is 6. The van der Waals surface area contributed by atoms with Gasteiger partial charge in [-0.2, -0.15) is 0 Å². The van der Waals surface area contributed by atoms with Crippen molar-refractivity contribution in [3.05, 3.63) is 16.0 Å². The number of thiophene rings is 1. The minimum atomic E-state index is -0.489. The molecule has 1 aromatic rings. The molecule has 140 valence electrons. The SMILES string of the molecule is CC[NH+]1CCc2c(sc(NC(=O)CN3C(=O)CCC3=O)c2C(=O)OC)C1. The highest BCUT2D eigenvalue weighted by Gasteiger charge is 2.33. The van der Waals surface area contributed by atoms with Gasteiger partial charge in [0.25, 0.3) is 0 Å². The summed E-state index contributed by atoms with van der Waals surface area (Å²) in [4.78, 5) is 51.4. The van der Waals surface area contributed by atoms with Crippen LogP contribution in [0.25, 0.3) is 0 Å². The predicted molar refractivity (Wildman–Crippen MR) is 94.0 cm³/mol. The van der Waals surface area contributed by atoms with Gasteiger partial charge in [0, 0.05) is 19.3 Å². The molecule has 0 aliphatic carbocycles. The van der Waals surface area contributed by atoms with Crippen LogP contribution >= 0.6 is 11.3 Å². The molecule has 3 heterocycles. The van der Waals surface area contributed by atoms with Crippen LogP contribution in [0.1, 0.15) is 40.6 Å². The van der Waals surface area contributed by atoms with Gasteiger partial charge in [0.2, 0.25) is 17.7 Å². The van der Waals surface area contributed by atoms with Gasteiger partial charge in [-0.1, -0.05) is 0 Å². The Bertz CT molecular complexity index is 757. The number of rotatable bonds is 5. The summed E-state index contributed by atoms with van der Waals surface area (Å²) in [7, 11) is 1.31. The van der Waals surface area contributed by atoms with E-state index in [9.17, 15) is 19.2 Å². The molecular weight excluding hydrogens is 358 g/mol. The van der Waals surface area contributed by atoms with Crippen molar-refractivity contribution in [3.63, 3.8) is 0 Å². The molecule has 1 aromatic heterocycles. The van der Waals surface area contributed by atoms with Crippen LogP contribution in [0.5, 0.6) is 0 Å². The number of nitrogens with zero attached hydrogens (tertiary/aromatic N) is 1. The van der Waals surface area contributed by atoms with E-state index in [2.05, 4.69) is 12.2 Å². The highest BCUT2D eigenvalue weighted by Crippen LogP contribution is 2.35. The first-order chi connectivity index (χ1) is 12.4. The van der Waals surface area contributed by atoms with Crippen LogP contribution in [0.2, 0.25) is 0 Å². The van der Waals surface area contributed by atoms with Gasteiger partial charge in [-0.15, -0.1) is 11.3 Å². The fraction of sp³-hybridized carbons (Fsp3) is 0.529. The van der Waals surface area contributed by atoms with E-state index in [0.717, 1.165) is 41.4 Å². The van der Waals surface area contributed by atoms with Crippen molar-refractivity contribution in [2.24, 2.45) is 0 Å². The summed E-state index contributed by atoms with van der Waals surface area (Å²) in [5, 5.41) is 3.14. The van der Waals surface area contributed by atoms with Crippen LogP contribution in [0.15, 0.2) is 0 Å². The fourth-order valence-electron chi connectivity index (χ4n) is 3.35. The van der Waals surface area contributed by atoms with Gasteiger partial charge in [0.15, 0.2) is 0 Å². The number of fused-ring (bicyclic) bond motifs is 1. The molecule has 1 saturated heterocycles. The first-order valence-corrected chi connectivity index (χ1v) is 9.45. The number of anilines is 1. The number of imide groups is 1. The Morgan fingerprint density at radius 2 is 1.92 bits per heavy atom. The Morgan fingerprint density at radius 1 is 1.23 bits per heavy atom. The summed E-state index contributed by atoms with van der Waals surface area (Å²) < 4.78 is 4.89. The second kappa shape index (κ2) is 7.55. The van der Waals surface area contributed by atoms with Crippen LogP contribution in [0.4, 0.5) is 5.00 Å². The third-order valence-electron chi connectivity index (χ3n) is 4.83. The van der Waals surface area contributed by atoms with E-state index in [0.29, 0.717) is 10.6 Å². The largest absolute Gasteiger partial charge is 0.465 e. The lowest BCUT2D eigenvalue weighted by Crippen LogP contribution is -3.11. The number of quaternary nitrogens is 1. The van der Waals surface area contributed by atoms with E-state index in [-0.39, 0.29) is 31.2 Å². The third kappa shape index (κ3) is 3.49. The summed E-state index contributed by atoms with van der Waals surface area (Å²) in [5.74, 6) is -1.65. The molecule has 1 atom stereocenters. The van der Waals surface area contributed by atoms with Crippen LogP contribution < -0.4 is 10.2 Å². The Balaban J connectivity index is 1.81. The standard InChI is InChI=1S/C17H21N3O5S/c1-3-19-7-6-10-11(8-19)26-16(15(10)17(24)25-2)18-12(21)9-20-13(22)4-5-14(20)23/h3-9H2,1-2H3,(H,18,21)/p+1. The van der Waals surface area contributed by atoms with Crippen molar-refractivity contribution in [3.8, 4) is 0 Å². The summed E-state index contributed by atoms with van der Waals surface area (Å²) in [6.45, 7) is 4.51. The number of hydrogen-bond donors (Lipinski definition) is 2. The van der Waals surface area contributed by atoms with E-state index in [1.54, 1.807) is 0 Å². The third-order valence-corrected chi connectivity index (χ3v) is 5.98. The predicted octanol–water partition coefficient (Wildman–Crippen LogP) is -0.417. The van der Waals surface area contributed by atoms with Gasteiger partial charge in [-0.3, -0.25) is 19.3 Å². The van der Waals surface area contributed by atoms with Crippen LogP contribution in [0, 0.1) is 0 Å². The molecule has 2 N–H and O–H groups in total. The van der Waals surface area contributed by atoms with E-state index in [1.165, 1.54) is 23.3 Å². The van der Waals surface area contributed by atoms with Crippen molar-refractivity contribution >= 4 is 40.0 Å². The second-order valence-electron chi connectivity index (χ2n) is 6.40. The van der Waals surface area contributed by atoms with Crippen molar-refractivity contribution in [1.82, 2.24) is 4.90 Å². The molecule has 26 heavy (non-hydrogen) atoms. The summed E-state index contributed by atoms with van der Waals surface area (Å²) >= 11 is 1.37. The zero-order valence-electron chi connectivity index (χ0n) is 14.8. The average molecular weight is 380 g/mol. The van der Waals surface area contributed by atoms with Crippen LogP contribution in [-0.4, -0.2) is 55.3 Å². The molecule has 3 rings (SSSR count). The number of esters is 1. The molecule has 3 amide bonds. The highest BCUT2D eigenvalue weighted by molar-refractivity contribution is 7.17. The first-order valence-electron chi connectivity index (χ1n) is 8.64. The molecule has 8 nitrogen and oxygen atoms in total. The molecule has 0 aromatic carbocycles. The quantitative estimate of drug-likeness (QED) is 0.534. The Labute approximate surface area is 155 Å². The number of likely N-dealkylation sites (N-methyl/N-ethyl adjacent to an activating group) is 1. The maximum atomic E-state index is 12.3. The molecule has 9 heteroatoms. The normalized spacial score (nSPS) is 19.5. The van der Waals surface area contributed by atoms with Crippen LogP contribution in [0.3, 0.4) is 0 Å². The van der Waals surface area contributed by atoms with Gasteiger partial charge >= 0.3 is 5.97 Å². The zero-order valence-corrected chi connectivity index (χ0v) is 15.7. The number of ether oxygens (including phenoxy) is 1. The molecule has 1 unspecified atom stereocenters. The number of amides is 3. The lowest BCUT2D eigenvalue weighted by Gasteiger charge is -2.22. The molecule has 2 aliphatic heterocycles. The lowest BCUT2D eigenvalue weighted by atomic mass is 10.0. The maximum absolute atomic E-state index is 12.3. The Kier molecular flexibility index (Phi) is 5.38. The molecule has 2 aliphatic rings. The molecule has 0 radical (unpaired) electrons. The lowest BCUT2D eigenvalue weighted by molar-refractivity contribution is -0.913. The van der Waals surface area contributed by atoms with E-state index >= 15 is 0 Å². The van der Waals surface area contributed by atoms with E-state index < -0.39 is 11.9 Å². The average Bonchev–Trinajstić information content (AvgIpc) is 3.14.